The molecule has 1 N–H and O–H groups in total. The molecule has 1 aromatic heterocycles. The average Bonchev–Trinajstić information content (AvgIpc) is 2.80. The van der Waals surface area contributed by atoms with E-state index in [4.69, 9.17) is 27.9 Å². The molecular formula is C15H16BrCl2NOS. The van der Waals surface area contributed by atoms with Gasteiger partial charge < -0.3 is 10.1 Å². The van der Waals surface area contributed by atoms with Gasteiger partial charge in [0, 0.05) is 37.9 Å². The number of nitrogens with one attached hydrogen (secondary N) is 1. The minimum atomic E-state index is 0.379. The largest absolute Gasteiger partial charge is 0.486 e. The maximum atomic E-state index is 6.28. The first-order valence-electron chi connectivity index (χ1n) is 6.52. The predicted octanol–water partition coefficient (Wildman–Crippen LogP) is 5.89. The summed E-state index contributed by atoms with van der Waals surface area (Å²) < 4.78 is 6.98. The normalized spacial score (nSPS) is 11.1. The van der Waals surface area contributed by atoms with Crippen molar-refractivity contribution in [1.29, 1.82) is 0 Å². The molecule has 0 spiro atoms. The van der Waals surface area contributed by atoms with Gasteiger partial charge in [-0.05, 0) is 34.1 Å². The lowest BCUT2D eigenvalue weighted by molar-refractivity contribution is 0.305. The number of benzene rings is 1. The highest BCUT2D eigenvalue weighted by Gasteiger charge is 2.12. The van der Waals surface area contributed by atoms with Gasteiger partial charge in [-0.1, -0.05) is 37.0 Å². The van der Waals surface area contributed by atoms with Gasteiger partial charge in [-0.25, -0.2) is 0 Å². The fourth-order valence-corrected chi connectivity index (χ4v) is 3.75. The van der Waals surface area contributed by atoms with Crippen molar-refractivity contribution in [2.24, 2.45) is 0 Å². The van der Waals surface area contributed by atoms with Crippen LogP contribution < -0.4 is 10.1 Å². The Hall–Kier alpha value is -0.260. The van der Waals surface area contributed by atoms with Crippen LogP contribution in [0.3, 0.4) is 0 Å². The van der Waals surface area contributed by atoms with E-state index in [-0.39, 0.29) is 0 Å². The van der Waals surface area contributed by atoms with Crippen molar-refractivity contribution in [2.75, 3.05) is 0 Å². The van der Waals surface area contributed by atoms with Crippen molar-refractivity contribution in [3.05, 3.63) is 48.5 Å². The van der Waals surface area contributed by atoms with E-state index < -0.39 is 0 Å². The predicted molar refractivity (Wildman–Crippen MR) is 94.8 cm³/mol. The van der Waals surface area contributed by atoms with Gasteiger partial charge in [0.1, 0.15) is 12.4 Å². The Bertz CT molecular complexity index is 616. The molecule has 2 nitrogen and oxygen atoms in total. The fourth-order valence-electron chi connectivity index (χ4n) is 1.79. The van der Waals surface area contributed by atoms with E-state index in [1.165, 1.54) is 0 Å². The van der Waals surface area contributed by atoms with Gasteiger partial charge in [-0.2, -0.15) is 0 Å². The van der Waals surface area contributed by atoms with E-state index in [1.807, 2.05) is 17.5 Å². The summed E-state index contributed by atoms with van der Waals surface area (Å²) in [5.41, 5.74) is 0.969. The van der Waals surface area contributed by atoms with E-state index >= 15 is 0 Å². The third-order valence-electron chi connectivity index (χ3n) is 2.77. The van der Waals surface area contributed by atoms with Crippen molar-refractivity contribution in [3.8, 4) is 5.75 Å². The summed E-state index contributed by atoms with van der Waals surface area (Å²) in [6.07, 6.45) is 0. The van der Waals surface area contributed by atoms with Crippen LogP contribution in [0.4, 0.5) is 0 Å². The van der Waals surface area contributed by atoms with E-state index in [0.717, 1.165) is 14.9 Å². The number of halogens is 3. The standard InChI is InChI=1S/C15H16BrCl2NOS/c1-9(2)19-6-10-3-12(17)5-14(18)15(10)20-7-13-4-11(16)8-21-13/h3-5,8-9,19H,6-7H2,1-2H3. The van der Waals surface area contributed by atoms with Crippen LogP contribution >= 0.6 is 50.5 Å². The Morgan fingerprint density at radius 1 is 1.29 bits per heavy atom. The number of hydrogen-bond donors (Lipinski definition) is 1. The molecule has 2 aromatic rings. The highest BCUT2D eigenvalue weighted by molar-refractivity contribution is 9.10. The number of thiophene rings is 1. The van der Waals surface area contributed by atoms with Gasteiger partial charge >= 0.3 is 0 Å². The van der Waals surface area contributed by atoms with Crippen molar-refractivity contribution < 1.29 is 4.74 Å². The number of ether oxygens (including phenoxy) is 1. The molecule has 0 aliphatic rings. The molecule has 0 bridgehead atoms. The smallest absolute Gasteiger partial charge is 0.143 e. The first kappa shape index (κ1) is 17.1. The number of hydrogen-bond acceptors (Lipinski definition) is 3. The molecule has 0 aliphatic heterocycles. The van der Waals surface area contributed by atoms with Gasteiger partial charge in [0.2, 0.25) is 0 Å². The molecule has 0 radical (unpaired) electrons. The Labute approximate surface area is 147 Å². The van der Waals surface area contributed by atoms with Crippen molar-refractivity contribution in [1.82, 2.24) is 5.32 Å². The highest BCUT2D eigenvalue weighted by Crippen LogP contribution is 2.33. The molecular weight excluding hydrogens is 393 g/mol. The summed E-state index contributed by atoms with van der Waals surface area (Å²) in [5, 5.41) is 6.55. The first-order chi connectivity index (χ1) is 9.95. The molecule has 1 aromatic carbocycles. The summed E-state index contributed by atoms with van der Waals surface area (Å²) in [6, 6.07) is 6.02. The number of rotatable bonds is 6. The van der Waals surface area contributed by atoms with Crippen LogP contribution in [0.1, 0.15) is 24.3 Å². The topological polar surface area (TPSA) is 21.3 Å². The summed E-state index contributed by atoms with van der Waals surface area (Å²) >= 11 is 17.4. The van der Waals surface area contributed by atoms with E-state index in [2.05, 4.69) is 35.1 Å². The van der Waals surface area contributed by atoms with E-state index in [0.29, 0.717) is 35.0 Å². The van der Waals surface area contributed by atoms with E-state index in [1.54, 1.807) is 17.4 Å². The van der Waals surface area contributed by atoms with Crippen LogP contribution in [0, 0.1) is 0 Å². The van der Waals surface area contributed by atoms with Gasteiger partial charge in [0.05, 0.1) is 5.02 Å². The Morgan fingerprint density at radius 2 is 2.05 bits per heavy atom. The zero-order valence-electron chi connectivity index (χ0n) is 11.8. The molecule has 1 heterocycles. The molecule has 0 amide bonds. The zero-order chi connectivity index (χ0) is 15.4. The zero-order valence-corrected chi connectivity index (χ0v) is 15.7. The Morgan fingerprint density at radius 3 is 2.67 bits per heavy atom. The van der Waals surface area contributed by atoms with Crippen LogP contribution in [-0.2, 0) is 13.2 Å². The average molecular weight is 409 g/mol. The molecule has 114 valence electrons. The van der Waals surface area contributed by atoms with Crippen molar-refractivity contribution in [3.63, 3.8) is 0 Å². The maximum absolute atomic E-state index is 6.28. The molecule has 2 rings (SSSR count). The lowest BCUT2D eigenvalue weighted by Crippen LogP contribution is -2.22. The van der Waals surface area contributed by atoms with Gasteiger partial charge in [-0.15, -0.1) is 11.3 Å². The second-order valence-electron chi connectivity index (χ2n) is 4.93. The van der Waals surface area contributed by atoms with Crippen molar-refractivity contribution >= 4 is 50.5 Å². The van der Waals surface area contributed by atoms with Gasteiger partial charge in [0.25, 0.3) is 0 Å². The molecule has 6 heteroatoms. The SMILES string of the molecule is CC(C)NCc1cc(Cl)cc(Cl)c1OCc1cc(Br)cs1. The summed E-state index contributed by atoms with van der Waals surface area (Å²) in [4.78, 5) is 1.13. The fraction of sp³-hybridized carbons (Fsp3) is 0.333. The first-order valence-corrected chi connectivity index (χ1v) is 8.95. The lowest BCUT2D eigenvalue weighted by Gasteiger charge is -2.15. The van der Waals surface area contributed by atoms with Gasteiger partial charge in [-0.3, -0.25) is 0 Å². The molecule has 0 unspecified atom stereocenters. The lowest BCUT2D eigenvalue weighted by atomic mass is 10.2. The molecule has 21 heavy (non-hydrogen) atoms. The highest BCUT2D eigenvalue weighted by atomic mass is 79.9. The summed E-state index contributed by atoms with van der Waals surface area (Å²) in [6.45, 7) is 5.35. The van der Waals surface area contributed by atoms with Crippen LogP contribution in [0.2, 0.25) is 10.0 Å². The third kappa shape index (κ3) is 5.15. The second kappa shape index (κ2) is 7.84. The Balaban J connectivity index is 2.15. The molecule has 0 fully saturated rings. The quantitative estimate of drug-likeness (QED) is 0.642. The molecule has 0 saturated carbocycles. The second-order valence-corrected chi connectivity index (χ2v) is 7.69. The minimum Gasteiger partial charge on any atom is -0.486 e. The molecule has 0 atom stereocenters. The summed E-state index contributed by atoms with van der Waals surface area (Å²) in [7, 11) is 0. The maximum Gasteiger partial charge on any atom is 0.143 e. The minimum absolute atomic E-state index is 0.379. The van der Waals surface area contributed by atoms with Crippen LogP contribution in [-0.4, -0.2) is 6.04 Å². The Kier molecular flexibility index (Phi) is 6.38. The van der Waals surface area contributed by atoms with Crippen LogP contribution in [0.25, 0.3) is 0 Å². The summed E-state index contributed by atoms with van der Waals surface area (Å²) in [5.74, 6) is 0.693. The molecule has 0 aliphatic carbocycles. The van der Waals surface area contributed by atoms with Crippen LogP contribution in [0.15, 0.2) is 28.1 Å². The van der Waals surface area contributed by atoms with Crippen LogP contribution in [0.5, 0.6) is 5.75 Å². The molecule has 0 saturated heterocycles. The van der Waals surface area contributed by atoms with Crippen molar-refractivity contribution in [2.45, 2.75) is 33.0 Å². The van der Waals surface area contributed by atoms with Gasteiger partial charge in [0.15, 0.2) is 0 Å². The van der Waals surface area contributed by atoms with E-state index in [9.17, 15) is 0 Å². The monoisotopic (exact) mass is 407 g/mol. The third-order valence-corrected chi connectivity index (χ3v) is 4.94.